The van der Waals surface area contributed by atoms with Crippen molar-refractivity contribution in [3.63, 3.8) is 0 Å². The molecule has 224 valence electrons. The minimum absolute atomic E-state index is 0.0467. The van der Waals surface area contributed by atoms with Crippen LogP contribution in [0.4, 0.5) is 4.39 Å². The average molecular weight is 571 g/mol. The van der Waals surface area contributed by atoms with E-state index in [0.29, 0.717) is 48.6 Å². The fourth-order valence-corrected chi connectivity index (χ4v) is 4.53. The maximum absolute atomic E-state index is 15.0. The first kappa shape index (κ1) is 31.9. The first-order valence-electron chi connectivity index (χ1n) is 14.4. The zero-order chi connectivity index (χ0) is 29.8. The van der Waals surface area contributed by atoms with Gasteiger partial charge in [-0.25, -0.2) is 4.39 Å². The summed E-state index contributed by atoms with van der Waals surface area (Å²) in [7, 11) is 1.47. The summed E-state index contributed by atoms with van der Waals surface area (Å²) in [5.74, 6) is -0.320. The summed E-state index contributed by atoms with van der Waals surface area (Å²) in [6.07, 6.45) is 3.18. The summed E-state index contributed by atoms with van der Waals surface area (Å²) < 4.78 is 26.1. The first-order chi connectivity index (χ1) is 19.7. The van der Waals surface area contributed by atoms with Gasteiger partial charge in [0.2, 0.25) is 11.8 Å². The lowest BCUT2D eigenvalue weighted by molar-refractivity contribution is -0.129. The Morgan fingerprint density at radius 1 is 1.05 bits per heavy atom. The zero-order valence-corrected chi connectivity index (χ0v) is 24.6. The molecule has 2 aliphatic rings. The minimum Gasteiger partial charge on any atom is -0.493 e. The third-order valence-corrected chi connectivity index (χ3v) is 7.01. The highest BCUT2D eigenvalue weighted by Crippen LogP contribution is 2.34. The second-order valence-corrected chi connectivity index (χ2v) is 10.7. The maximum atomic E-state index is 15.0. The van der Waals surface area contributed by atoms with Crippen molar-refractivity contribution in [3.05, 3.63) is 53.3 Å². The van der Waals surface area contributed by atoms with E-state index in [-0.39, 0.29) is 35.8 Å². The Morgan fingerprint density at radius 2 is 1.83 bits per heavy atom. The summed E-state index contributed by atoms with van der Waals surface area (Å²) in [6, 6.07) is 8.48. The van der Waals surface area contributed by atoms with E-state index in [2.05, 4.69) is 34.7 Å². The van der Waals surface area contributed by atoms with Gasteiger partial charge in [0.05, 0.1) is 7.11 Å². The molecule has 2 aromatic carbocycles. The van der Waals surface area contributed by atoms with Gasteiger partial charge in [0.25, 0.3) is 5.91 Å². The summed E-state index contributed by atoms with van der Waals surface area (Å²) in [5, 5.41) is 8.56. The van der Waals surface area contributed by atoms with E-state index >= 15 is 0 Å². The van der Waals surface area contributed by atoms with Gasteiger partial charge >= 0.3 is 0 Å². The molecule has 4 bridgehead atoms. The number of hydrogen-bond donors (Lipinski definition) is 3. The van der Waals surface area contributed by atoms with Crippen LogP contribution in [0, 0.1) is 11.7 Å². The van der Waals surface area contributed by atoms with Gasteiger partial charge < -0.3 is 30.3 Å². The van der Waals surface area contributed by atoms with Gasteiger partial charge in [0, 0.05) is 25.1 Å². The molecule has 0 saturated heterocycles. The molecule has 10 heteroatoms. The number of methoxy groups -OCH3 is 1. The number of rotatable bonds is 5. The molecule has 0 saturated carbocycles. The van der Waals surface area contributed by atoms with Crippen molar-refractivity contribution in [1.29, 1.82) is 0 Å². The standard InChI is InChI=1S/C31H43FN4O5/c1-5-25-31(39)34-20-22-9-11-26(24(32)18-22)41-28-19-23(10-12-27(28)40-4)30(38)33-14-7-16-36(17-13-21(2)3)15-6-8-29(37)35-25/h9-12,18-19,21,25H,5-8,13-17,20H2,1-4H3,(H,33,38)(H,34,39)(H,35,37)/t25-/m0/s1. The molecule has 3 N–H and O–H groups in total. The Balaban J connectivity index is 1.81. The molecule has 4 rings (SSSR count). The predicted molar refractivity (Wildman–Crippen MR) is 156 cm³/mol. The first-order valence-corrected chi connectivity index (χ1v) is 14.4. The number of nitrogens with zero attached hydrogens (tertiary/aromatic N) is 1. The van der Waals surface area contributed by atoms with Crippen LogP contribution >= 0.6 is 0 Å². The molecule has 0 fully saturated rings. The molecular weight excluding hydrogens is 527 g/mol. The Hall–Kier alpha value is -3.66. The van der Waals surface area contributed by atoms with Crippen LogP contribution in [0.3, 0.4) is 0 Å². The Morgan fingerprint density at radius 3 is 2.54 bits per heavy atom. The summed E-state index contributed by atoms with van der Waals surface area (Å²) >= 11 is 0. The lowest BCUT2D eigenvalue weighted by Gasteiger charge is -2.23. The summed E-state index contributed by atoms with van der Waals surface area (Å²) in [4.78, 5) is 40.6. The lowest BCUT2D eigenvalue weighted by atomic mass is 10.1. The molecule has 0 spiro atoms. The van der Waals surface area contributed by atoms with Crippen LogP contribution in [0.2, 0.25) is 0 Å². The number of halogens is 1. The van der Waals surface area contributed by atoms with Crippen LogP contribution in [0.15, 0.2) is 36.4 Å². The number of carbonyl (C=O) groups is 3. The highest BCUT2D eigenvalue weighted by atomic mass is 19.1. The number of hydrogen-bond acceptors (Lipinski definition) is 6. The number of benzene rings is 2. The van der Waals surface area contributed by atoms with Gasteiger partial charge in [-0.2, -0.15) is 0 Å². The van der Waals surface area contributed by atoms with Gasteiger partial charge in [-0.3, -0.25) is 14.4 Å². The molecule has 2 aliphatic heterocycles. The van der Waals surface area contributed by atoms with Gasteiger partial charge in [-0.1, -0.05) is 26.8 Å². The largest absolute Gasteiger partial charge is 0.493 e. The molecule has 41 heavy (non-hydrogen) atoms. The van der Waals surface area contributed by atoms with Gasteiger partial charge in [0.15, 0.2) is 23.1 Å². The van der Waals surface area contributed by atoms with Crippen molar-refractivity contribution in [2.75, 3.05) is 33.3 Å². The van der Waals surface area contributed by atoms with Gasteiger partial charge in [0.1, 0.15) is 6.04 Å². The quantitative estimate of drug-likeness (QED) is 0.492. The molecule has 2 aromatic rings. The molecule has 0 aromatic heterocycles. The average Bonchev–Trinajstić information content (AvgIpc) is 2.95. The Kier molecular flexibility index (Phi) is 12.4. The van der Waals surface area contributed by atoms with Crippen molar-refractivity contribution in [3.8, 4) is 17.2 Å². The molecular formula is C31H43FN4O5. The van der Waals surface area contributed by atoms with Crippen molar-refractivity contribution < 1.29 is 28.2 Å². The van der Waals surface area contributed by atoms with Gasteiger partial charge in [-0.05, 0) is 87.1 Å². The summed E-state index contributed by atoms with van der Waals surface area (Å²) in [6.45, 7) is 9.19. The molecule has 9 nitrogen and oxygen atoms in total. The minimum atomic E-state index is -0.669. The van der Waals surface area contributed by atoms with Crippen molar-refractivity contribution in [2.45, 2.75) is 65.5 Å². The van der Waals surface area contributed by atoms with E-state index in [1.165, 1.54) is 25.3 Å². The van der Waals surface area contributed by atoms with E-state index in [0.717, 1.165) is 32.5 Å². The van der Waals surface area contributed by atoms with Crippen LogP contribution in [-0.2, 0) is 16.1 Å². The highest BCUT2D eigenvalue weighted by Gasteiger charge is 2.20. The van der Waals surface area contributed by atoms with Crippen molar-refractivity contribution in [1.82, 2.24) is 20.9 Å². The predicted octanol–water partition coefficient (Wildman–Crippen LogP) is 4.40. The number of ether oxygens (including phenoxy) is 2. The smallest absolute Gasteiger partial charge is 0.251 e. The molecule has 1 atom stereocenters. The number of amides is 3. The van der Waals surface area contributed by atoms with E-state index < -0.39 is 11.9 Å². The summed E-state index contributed by atoms with van der Waals surface area (Å²) in [5.41, 5.74) is 0.899. The Bertz CT molecular complexity index is 1190. The zero-order valence-electron chi connectivity index (χ0n) is 24.6. The number of fused-ring (bicyclic) bond motifs is 16. The topological polar surface area (TPSA) is 109 Å². The lowest BCUT2D eigenvalue weighted by Crippen LogP contribution is -2.46. The SMILES string of the molecule is CC[C@@H]1NC(=O)CCCN(CCC(C)C)CCCNC(=O)c2ccc(OC)c(c2)Oc2ccc(cc2F)CNC1=O. The fraction of sp³-hybridized carbons (Fsp3) is 0.516. The molecule has 3 amide bonds. The number of carbonyl (C=O) groups excluding carboxylic acids is 3. The van der Waals surface area contributed by atoms with E-state index in [1.54, 1.807) is 18.2 Å². The molecule has 0 radical (unpaired) electrons. The van der Waals surface area contributed by atoms with E-state index in [9.17, 15) is 18.8 Å². The molecule has 0 aliphatic carbocycles. The normalized spacial score (nSPS) is 18.3. The van der Waals surface area contributed by atoms with Crippen LogP contribution < -0.4 is 25.4 Å². The second-order valence-electron chi connectivity index (χ2n) is 10.7. The molecule has 0 unspecified atom stereocenters. The van der Waals surface area contributed by atoms with Crippen LogP contribution in [0.1, 0.15) is 68.8 Å². The third kappa shape index (κ3) is 10.0. The van der Waals surface area contributed by atoms with Gasteiger partial charge in [-0.15, -0.1) is 0 Å². The fourth-order valence-electron chi connectivity index (χ4n) is 4.53. The number of nitrogens with one attached hydrogen (secondary N) is 3. The monoisotopic (exact) mass is 570 g/mol. The van der Waals surface area contributed by atoms with Crippen LogP contribution in [-0.4, -0.2) is 62.0 Å². The Labute approximate surface area is 242 Å². The molecule has 2 heterocycles. The third-order valence-electron chi connectivity index (χ3n) is 7.01. The highest BCUT2D eigenvalue weighted by molar-refractivity contribution is 5.94. The van der Waals surface area contributed by atoms with Crippen molar-refractivity contribution in [2.24, 2.45) is 5.92 Å². The van der Waals surface area contributed by atoms with E-state index in [4.69, 9.17) is 9.47 Å². The second kappa shape index (κ2) is 16.0. The van der Waals surface area contributed by atoms with E-state index in [1.807, 2.05) is 6.92 Å². The van der Waals surface area contributed by atoms with Crippen LogP contribution in [0.5, 0.6) is 17.2 Å². The maximum Gasteiger partial charge on any atom is 0.251 e. The van der Waals surface area contributed by atoms with Crippen LogP contribution in [0.25, 0.3) is 0 Å². The van der Waals surface area contributed by atoms with Crippen molar-refractivity contribution >= 4 is 17.7 Å².